The van der Waals surface area contributed by atoms with Crippen LogP contribution in [0.1, 0.15) is 15.9 Å². The minimum atomic E-state index is -0.546. The quantitative estimate of drug-likeness (QED) is 0.449. The Hall–Kier alpha value is -3.36. The van der Waals surface area contributed by atoms with E-state index in [1.807, 2.05) is 13.0 Å². The molecule has 8 nitrogen and oxygen atoms in total. The molecule has 0 fully saturated rings. The van der Waals surface area contributed by atoms with Crippen LogP contribution in [0.3, 0.4) is 0 Å². The lowest BCUT2D eigenvalue weighted by Crippen LogP contribution is -2.36. The number of hydrogen-bond donors (Lipinski definition) is 3. The Labute approximate surface area is 167 Å². The van der Waals surface area contributed by atoms with Crippen LogP contribution in [-0.4, -0.2) is 29.0 Å². The molecule has 6 N–H and O–H groups in total. The average molecular weight is 405 g/mol. The van der Waals surface area contributed by atoms with Gasteiger partial charge in [-0.25, -0.2) is 0 Å². The van der Waals surface area contributed by atoms with Crippen LogP contribution in [-0.2, 0) is 0 Å². The van der Waals surface area contributed by atoms with E-state index in [-0.39, 0.29) is 29.0 Å². The molecule has 3 aromatic rings. The first-order chi connectivity index (χ1) is 12.4. The molecule has 0 aliphatic rings. The third kappa shape index (κ3) is 4.30. The Balaban J connectivity index is 0.00000196. The predicted molar refractivity (Wildman–Crippen MR) is 111 cm³/mol. The summed E-state index contributed by atoms with van der Waals surface area (Å²) < 4.78 is 6.53. The van der Waals surface area contributed by atoms with Crippen LogP contribution in [0.15, 0.2) is 53.5 Å². The van der Waals surface area contributed by atoms with E-state index in [0.29, 0.717) is 22.2 Å². The molecule has 9 heteroatoms. The summed E-state index contributed by atoms with van der Waals surface area (Å²) in [6.45, 7) is 1.88. The van der Waals surface area contributed by atoms with Gasteiger partial charge in [0.15, 0.2) is 5.96 Å². The van der Waals surface area contributed by atoms with Crippen LogP contribution in [0.2, 0.25) is 0 Å². The number of nitrogens with zero attached hydrogens (tertiary/aromatic N) is 1. The number of fused-ring (bicyclic) bond motifs is 1. The summed E-state index contributed by atoms with van der Waals surface area (Å²) in [6.07, 6.45) is 1.46. The highest BCUT2D eigenvalue weighted by atomic mass is 35.5. The Bertz CT molecular complexity index is 1080. The zero-order valence-corrected chi connectivity index (χ0v) is 16.1. The van der Waals surface area contributed by atoms with Crippen LogP contribution in [0.4, 0.5) is 0 Å². The number of hydrogen-bond acceptors (Lipinski definition) is 4. The second kappa shape index (κ2) is 9.03. The number of ether oxygens (including phenoxy) is 1. The zero-order chi connectivity index (χ0) is 18.8. The molecule has 0 unspecified atom stereocenters. The average Bonchev–Trinajstić information content (AvgIpc) is 2.61. The molecule has 1 amide bonds. The standard InChI is InChI=1S/C19H18N4O3.ClH.H2O/c1-11-3-8-14-15(9-11)16(17(24)22-19(20)21)10-23(18(14)25)12-4-6-13(26-2)7-5-12;;/h3-10H,1-2H3,(H4,20,21,22,24);1H;1H2. The molecular weight excluding hydrogens is 384 g/mol. The topological polar surface area (TPSA) is 142 Å². The molecule has 0 aliphatic carbocycles. The second-order valence-corrected chi connectivity index (χ2v) is 5.83. The number of guanidine groups is 1. The molecule has 1 heterocycles. The Morgan fingerprint density at radius 1 is 1.14 bits per heavy atom. The maximum absolute atomic E-state index is 12.9. The van der Waals surface area contributed by atoms with Crippen molar-refractivity contribution in [3.05, 3.63) is 70.1 Å². The van der Waals surface area contributed by atoms with Gasteiger partial charge < -0.3 is 15.9 Å². The molecule has 3 rings (SSSR count). The van der Waals surface area contributed by atoms with Crippen molar-refractivity contribution in [1.29, 1.82) is 5.41 Å². The number of carbonyl (C=O) groups is 1. The summed E-state index contributed by atoms with van der Waals surface area (Å²) in [6, 6.07) is 12.2. The van der Waals surface area contributed by atoms with E-state index in [2.05, 4.69) is 5.32 Å². The monoisotopic (exact) mass is 404 g/mol. The number of nitrogens with two attached hydrogens (primary N) is 1. The number of carbonyl (C=O) groups excluding carboxylic acids is 1. The molecule has 0 saturated carbocycles. The number of benzene rings is 2. The fraction of sp³-hybridized carbons (Fsp3) is 0.105. The first-order valence-corrected chi connectivity index (χ1v) is 7.86. The van der Waals surface area contributed by atoms with Gasteiger partial charge in [-0.15, -0.1) is 12.4 Å². The normalized spacial score (nSPS) is 9.79. The van der Waals surface area contributed by atoms with E-state index in [1.165, 1.54) is 10.8 Å². The highest BCUT2D eigenvalue weighted by molar-refractivity contribution is 6.12. The molecule has 28 heavy (non-hydrogen) atoms. The molecule has 1 aromatic heterocycles. The van der Waals surface area contributed by atoms with Crippen molar-refractivity contribution in [2.45, 2.75) is 6.92 Å². The minimum absolute atomic E-state index is 0. The SMILES string of the molecule is COc1ccc(-n2cc(C(=O)NC(=N)N)c3cc(C)ccc3c2=O)cc1.Cl.O. The summed E-state index contributed by atoms with van der Waals surface area (Å²) >= 11 is 0. The van der Waals surface area contributed by atoms with E-state index >= 15 is 0 Å². The number of methoxy groups -OCH3 is 1. The van der Waals surface area contributed by atoms with Gasteiger partial charge in [0.25, 0.3) is 11.5 Å². The summed E-state index contributed by atoms with van der Waals surface area (Å²) in [5.74, 6) is -0.346. The van der Waals surface area contributed by atoms with Crippen molar-refractivity contribution in [2.75, 3.05) is 7.11 Å². The van der Waals surface area contributed by atoms with Gasteiger partial charge in [-0.05, 0) is 37.3 Å². The number of pyridine rings is 1. The van der Waals surface area contributed by atoms with Crippen LogP contribution in [0.5, 0.6) is 5.75 Å². The minimum Gasteiger partial charge on any atom is -0.497 e. The predicted octanol–water partition coefficient (Wildman–Crippen LogP) is 1.53. The number of nitrogens with one attached hydrogen (secondary N) is 2. The van der Waals surface area contributed by atoms with Crippen LogP contribution in [0, 0.1) is 12.3 Å². The molecular formula is C19H21ClN4O4. The molecule has 2 aromatic carbocycles. The molecule has 0 atom stereocenters. The van der Waals surface area contributed by atoms with Crippen molar-refractivity contribution in [3.8, 4) is 11.4 Å². The summed E-state index contributed by atoms with van der Waals surface area (Å²) in [5.41, 5.74) is 6.80. The maximum atomic E-state index is 12.9. The van der Waals surface area contributed by atoms with Gasteiger partial charge in [-0.1, -0.05) is 17.7 Å². The number of amides is 1. The molecule has 148 valence electrons. The first-order valence-electron chi connectivity index (χ1n) is 7.86. The summed E-state index contributed by atoms with van der Waals surface area (Å²) in [4.78, 5) is 25.4. The Kier molecular flexibility index (Phi) is 7.31. The zero-order valence-electron chi connectivity index (χ0n) is 15.3. The highest BCUT2D eigenvalue weighted by Gasteiger charge is 2.16. The third-order valence-corrected chi connectivity index (χ3v) is 4.02. The van der Waals surface area contributed by atoms with Gasteiger partial charge in [0.05, 0.1) is 12.7 Å². The fourth-order valence-corrected chi connectivity index (χ4v) is 2.76. The largest absolute Gasteiger partial charge is 0.497 e. The molecule has 0 saturated heterocycles. The smallest absolute Gasteiger partial charge is 0.262 e. The lowest BCUT2D eigenvalue weighted by atomic mass is 10.0. The number of aryl methyl sites for hydroxylation is 1. The Morgan fingerprint density at radius 3 is 2.36 bits per heavy atom. The Morgan fingerprint density at radius 2 is 1.79 bits per heavy atom. The van der Waals surface area contributed by atoms with Crippen molar-refractivity contribution in [3.63, 3.8) is 0 Å². The van der Waals surface area contributed by atoms with Gasteiger partial charge in [0, 0.05) is 22.7 Å². The molecule has 0 bridgehead atoms. The van der Waals surface area contributed by atoms with Gasteiger partial charge in [0.1, 0.15) is 5.75 Å². The highest BCUT2D eigenvalue weighted by Crippen LogP contribution is 2.20. The van der Waals surface area contributed by atoms with Crippen molar-refractivity contribution in [2.24, 2.45) is 5.73 Å². The number of aromatic nitrogens is 1. The number of halogens is 1. The van der Waals surface area contributed by atoms with Crippen molar-refractivity contribution >= 4 is 35.0 Å². The van der Waals surface area contributed by atoms with Crippen molar-refractivity contribution in [1.82, 2.24) is 9.88 Å². The van der Waals surface area contributed by atoms with E-state index in [1.54, 1.807) is 43.5 Å². The molecule has 0 spiro atoms. The van der Waals surface area contributed by atoms with E-state index in [0.717, 1.165) is 5.56 Å². The molecule has 0 radical (unpaired) electrons. The van der Waals surface area contributed by atoms with Crippen LogP contribution >= 0.6 is 12.4 Å². The lowest BCUT2D eigenvalue weighted by Gasteiger charge is -2.13. The van der Waals surface area contributed by atoms with Crippen LogP contribution in [0.25, 0.3) is 16.5 Å². The molecule has 0 aliphatic heterocycles. The van der Waals surface area contributed by atoms with E-state index in [4.69, 9.17) is 15.9 Å². The second-order valence-electron chi connectivity index (χ2n) is 5.83. The van der Waals surface area contributed by atoms with Gasteiger partial charge >= 0.3 is 0 Å². The first kappa shape index (κ1) is 22.7. The lowest BCUT2D eigenvalue weighted by molar-refractivity contribution is 0.0977. The van der Waals surface area contributed by atoms with Gasteiger partial charge in [0.2, 0.25) is 0 Å². The van der Waals surface area contributed by atoms with E-state index < -0.39 is 11.9 Å². The maximum Gasteiger partial charge on any atom is 0.262 e. The summed E-state index contributed by atoms with van der Waals surface area (Å²) in [7, 11) is 1.56. The van der Waals surface area contributed by atoms with Crippen molar-refractivity contribution < 1.29 is 15.0 Å². The summed E-state index contributed by atoms with van der Waals surface area (Å²) in [5, 5.41) is 10.5. The number of rotatable bonds is 3. The van der Waals surface area contributed by atoms with Gasteiger partial charge in [-0.3, -0.25) is 24.9 Å². The fourth-order valence-electron chi connectivity index (χ4n) is 2.76. The third-order valence-electron chi connectivity index (χ3n) is 4.02. The van der Waals surface area contributed by atoms with E-state index in [9.17, 15) is 9.59 Å². The van der Waals surface area contributed by atoms with Crippen LogP contribution < -0.4 is 21.3 Å². The van der Waals surface area contributed by atoms with Gasteiger partial charge in [-0.2, -0.15) is 0 Å².